The molecule has 0 N–H and O–H groups in total. The van der Waals surface area contributed by atoms with Crippen LogP contribution in [-0.2, 0) is 17.6 Å². The Morgan fingerprint density at radius 1 is 1.17 bits per heavy atom. The molecule has 4 rings (SSSR count). The lowest BCUT2D eigenvalue weighted by atomic mass is 10.1. The minimum Gasteiger partial charge on any atom is -0.497 e. The number of carbonyl (C=O) groups excluding carboxylic acids is 1. The number of rotatable bonds is 7. The molecule has 2 aromatic carbocycles. The largest absolute Gasteiger partial charge is 0.497 e. The van der Waals surface area contributed by atoms with E-state index >= 15 is 0 Å². The number of nitrogens with zero attached hydrogens (tertiary/aromatic N) is 3. The van der Waals surface area contributed by atoms with Gasteiger partial charge in [-0.1, -0.05) is 29.4 Å². The van der Waals surface area contributed by atoms with Crippen molar-refractivity contribution in [1.82, 2.24) is 15.0 Å². The SMILES string of the molecule is COc1ccc(CCc2nc(C3CC(=O)N(C(C)c4ccc(F)cc4)C3)no2)cc1. The van der Waals surface area contributed by atoms with Gasteiger partial charge in [-0.2, -0.15) is 4.98 Å². The molecule has 2 atom stereocenters. The quantitative estimate of drug-likeness (QED) is 0.588. The molecular formula is C23H24FN3O3. The van der Waals surface area contributed by atoms with E-state index in [1.807, 2.05) is 31.2 Å². The van der Waals surface area contributed by atoms with E-state index in [0.717, 1.165) is 23.3 Å². The molecule has 0 spiro atoms. The Bertz CT molecular complexity index is 1000. The van der Waals surface area contributed by atoms with E-state index in [2.05, 4.69) is 10.1 Å². The van der Waals surface area contributed by atoms with Crippen molar-refractivity contribution >= 4 is 5.91 Å². The number of aryl methyl sites for hydroxylation is 2. The van der Waals surface area contributed by atoms with Gasteiger partial charge in [0.05, 0.1) is 13.2 Å². The average molecular weight is 409 g/mol. The summed E-state index contributed by atoms with van der Waals surface area (Å²) in [7, 11) is 1.64. The van der Waals surface area contributed by atoms with Crippen LogP contribution in [-0.4, -0.2) is 34.6 Å². The molecule has 6 nitrogen and oxygen atoms in total. The third-order valence-electron chi connectivity index (χ3n) is 5.61. The fraction of sp³-hybridized carbons (Fsp3) is 0.348. The summed E-state index contributed by atoms with van der Waals surface area (Å²) >= 11 is 0. The third kappa shape index (κ3) is 4.35. The normalized spacial score (nSPS) is 17.4. The molecule has 2 unspecified atom stereocenters. The van der Waals surface area contributed by atoms with Gasteiger partial charge in [0.2, 0.25) is 11.8 Å². The van der Waals surface area contributed by atoms with Gasteiger partial charge in [0.25, 0.3) is 0 Å². The van der Waals surface area contributed by atoms with E-state index in [1.165, 1.54) is 12.1 Å². The zero-order valence-corrected chi connectivity index (χ0v) is 17.0. The second kappa shape index (κ2) is 8.65. The first kappa shape index (κ1) is 20.1. The summed E-state index contributed by atoms with van der Waals surface area (Å²) < 4.78 is 23.8. The van der Waals surface area contributed by atoms with Gasteiger partial charge in [-0.05, 0) is 48.7 Å². The van der Waals surface area contributed by atoms with E-state index in [9.17, 15) is 9.18 Å². The highest BCUT2D eigenvalue weighted by molar-refractivity contribution is 5.80. The van der Waals surface area contributed by atoms with Crippen LogP contribution in [0.1, 0.15) is 48.1 Å². The van der Waals surface area contributed by atoms with Crippen molar-refractivity contribution in [3.8, 4) is 5.75 Å². The maximum atomic E-state index is 13.2. The van der Waals surface area contributed by atoms with Crippen molar-refractivity contribution in [3.05, 3.63) is 77.2 Å². The number of hydrogen-bond donors (Lipinski definition) is 0. The Morgan fingerprint density at radius 2 is 1.90 bits per heavy atom. The summed E-state index contributed by atoms with van der Waals surface area (Å²) in [6.07, 6.45) is 1.77. The molecule has 0 saturated carbocycles. The van der Waals surface area contributed by atoms with Crippen LogP contribution in [0.25, 0.3) is 0 Å². The summed E-state index contributed by atoms with van der Waals surface area (Å²) in [5, 5.41) is 4.12. The van der Waals surface area contributed by atoms with Gasteiger partial charge >= 0.3 is 0 Å². The molecule has 7 heteroatoms. The molecule has 0 radical (unpaired) electrons. The van der Waals surface area contributed by atoms with Gasteiger partial charge in [0, 0.05) is 25.3 Å². The van der Waals surface area contributed by atoms with Crippen molar-refractivity contribution < 1.29 is 18.4 Å². The monoisotopic (exact) mass is 409 g/mol. The molecular weight excluding hydrogens is 385 g/mol. The Labute approximate surface area is 174 Å². The van der Waals surface area contributed by atoms with Gasteiger partial charge in [0.1, 0.15) is 11.6 Å². The molecule has 1 aromatic heterocycles. The standard InChI is InChI=1S/C23H24FN3O3/c1-15(17-6-8-19(24)9-7-17)27-14-18(13-22(27)28)23-25-21(30-26-23)12-5-16-3-10-20(29-2)11-4-16/h3-4,6-11,15,18H,5,12-14H2,1-2H3. The number of likely N-dealkylation sites (tertiary alicyclic amines) is 1. The molecule has 1 fully saturated rings. The summed E-state index contributed by atoms with van der Waals surface area (Å²) in [6, 6.07) is 14.0. The second-order valence-electron chi connectivity index (χ2n) is 7.57. The molecule has 1 saturated heterocycles. The van der Waals surface area contributed by atoms with Crippen LogP contribution in [0, 0.1) is 5.82 Å². The number of hydrogen-bond acceptors (Lipinski definition) is 5. The number of methoxy groups -OCH3 is 1. The topological polar surface area (TPSA) is 68.5 Å². The predicted octanol–water partition coefficient (Wildman–Crippen LogP) is 4.08. The lowest BCUT2D eigenvalue weighted by Gasteiger charge is -2.25. The first-order chi connectivity index (χ1) is 14.5. The molecule has 2 heterocycles. The Kier molecular flexibility index (Phi) is 5.79. The maximum absolute atomic E-state index is 13.2. The highest BCUT2D eigenvalue weighted by Crippen LogP contribution is 2.33. The van der Waals surface area contributed by atoms with Crippen molar-refractivity contribution in [3.63, 3.8) is 0 Å². The van der Waals surface area contributed by atoms with Crippen LogP contribution in [0.2, 0.25) is 0 Å². The van der Waals surface area contributed by atoms with Crippen LogP contribution in [0.3, 0.4) is 0 Å². The lowest BCUT2D eigenvalue weighted by Crippen LogP contribution is -2.28. The number of halogens is 1. The van der Waals surface area contributed by atoms with E-state index < -0.39 is 0 Å². The zero-order valence-electron chi connectivity index (χ0n) is 17.0. The number of carbonyl (C=O) groups is 1. The van der Waals surface area contributed by atoms with Gasteiger partial charge < -0.3 is 14.2 Å². The van der Waals surface area contributed by atoms with E-state index in [4.69, 9.17) is 9.26 Å². The van der Waals surface area contributed by atoms with Crippen molar-refractivity contribution in [2.24, 2.45) is 0 Å². The minimum absolute atomic E-state index is 0.0430. The van der Waals surface area contributed by atoms with Crippen LogP contribution < -0.4 is 4.74 Å². The Morgan fingerprint density at radius 3 is 2.60 bits per heavy atom. The van der Waals surface area contributed by atoms with Gasteiger partial charge in [-0.25, -0.2) is 4.39 Å². The molecule has 0 bridgehead atoms. The second-order valence-corrected chi connectivity index (χ2v) is 7.57. The maximum Gasteiger partial charge on any atom is 0.226 e. The Balaban J connectivity index is 1.37. The molecule has 0 aliphatic carbocycles. The smallest absolute Gasteiger partial charge is 0.226 e. The number of benzene rings is 2. The first-order valence-corrected chi connectivity index (χ1v) is 10.0. The number of amides is 1. The van der Waals surface area contributed by atoms with Crippen LogP contribution in [0.15, 0.2) is 53.1 Å². The van der Waals surface area contributed by atoms with Crippen LogP contribution in [0.4, 0.5) is 4.39 Å². The fourth-order valence-corrected chi connectivity index (χ4v) is 3.78. The summed E-state index contributed by atoms with van der Waals surface area (Å²) in [5.74, 6) is 1.62. The van der Waals surface area contributed by atoms with Crippen molar-refractivity contribution in [1.29, 1.82) is 0 Å². The zero-order chi connectivity index (χ0) is 21.1. The van der Waals surface area contributed by atoms with Crippen molar-refractivity contribution in [2.75, 3.05) is 13.7 Å². The fourth-order valence-electron chi connectivity index (χ4n) is 3.78. The van der Waals surface area contributed by atoms with Crippen LogP contribution in [0.5, 0.6) is 5.75 Å². The lowest BCUT2D eigenvalue weighted by molar-refractivity contribution is -0.129. The summed E-state index contributed by atoms with van der Waals surface area (Å²) in [5.41, 5.74) is 2.06. The third-order valence-corrected chi connectivity index (χ3v) is 5.61. The van der Waals surface area contributed by atoms with Gasteiger partial charge in [0.15, 0.2) is 5.82 Å². The first-order valence-electron chi connectivity index (χ1n) is 10.0. The van der Waals surface area contributed by atoms with E-state index in [-0.39, 0.29) is 23.7 Å². The predicted molar refractivity (Wildman–Crippen MR) is 109 cm³/mol. The summed E-state index contributed by atoms with van der Waals surface area (Å²) in [4.78, 5) is 18.9. The highest BCUT2D eigenvalue weighted by Gasteiger charge is 2.36. The van der Waals surface area contributed by atoms with Gasteiger partial charge in [-0.15, -0.1) is 0 Å². The van der Waals surface area contributed by atoms with Crippen LogP contribution >= 0.6 is 0 Å². The number of ether oxygens (including phenoxy) is 1. The molecule has 1 amide bonds. The average Bonchev–Trinajstić information content (AvgIpc) is 3.39. The van der Waals surface area contributed by atoms with Gasteiger partial charge in [-0.3, -0.25) is 4.79 Å². The van der Waals surface area contributed by atoms with Crippen molar-refractivity contribution in [2.45, 2.75) is 38.1 Å². The van der Waals surface area contributed by atoms with E-state index in [1.54, 1.807) is 24.1 Å². The Hall–Kier alpha value is -3.22. The minimum atomic E-state index is -0.287. The molecule has 1 aliphatic rings. The molecule has 1 aliphatic heterocycles. The molecule has 30 heavy (non-hydrogen) atoms. The molecule has 156 valence electrons. The van der Waals surface area contributed by atoms with E-state index in [0.29, 0.717) is 31.1 Å². The summed E-state index contributed by atoms with van der Waals surface area (Å²) in [6.45, 7) is 2.47. The molecule has 3 aromatic rings. The highest BCUT2D eigenvalue weighted by atomic mass is 19.1. The number of aromatic nitrogens is 2.